The number of benzene rings is 2. The molecular formula is C22H22N4O5S2. The monoisotopic (exact) mass is 486 g/mol. The molecule has 0 aliphatic rings. The number of thiophene rings is 1. The summed E-state index contributed by atoms with van der Waals surface area (Å²) in [5.41, 5.74) is 7.19. The zero-order valence-electron chi connectivity index (χ0n) is 17.9. The minimum atomic E-state index is -3.88. The van der Waals surface area contributed by atoms with E-state index in [1.807, 2.05) is 6.92 Å². The third-order valence-electron chi connectivity index (χ3n) is 4.94. The van der Waals surface area contributed by atoms with Crippen molar-refractivity contribution in [2.45, 2.75) is 11.8 Å². The predicted octanol–water partition coefficient (Wildman–Crippen LogP) is 3.16. The number of nitrogens with two attached hydrogens (primary N) is 1. The SMILES string of the molecule is COc1ccc(-n2nc(NCCOS(=O)(=O)c3ccc(C)cc3)c3csc(N)c3c2=O)cc1. The van der Waals surface area contributed by atoms with E-state index >= 15 is 0 Å². The van der Waals surface area contributed by atoms with Crippen molar-refractivity contribution in [3.63, 3.8) is 0 Å². The summed E-state index contributed by atoms with van der Waals surface area (Å²) >= 11 is 1.24. The van der Waals surface area contributed by atoms with Gasteiger partial charge in [0.1, 0.15) is 5.75 Å². The van der Waals surface area contributed by atoms with Gasteiger partial charge in [-0.15, -0.1) is 16.4 Å². The second-order valence-electron chi connectivity index (χ2n) is 7.17. The Balaban J connectivity index is 1.56. The number of aryl methyl sites for hydroxylation is 1. The molecule has 2 heterocycles. The number of hydrogen-bond acceptors (Lipinski definition) is 9. The van der Waals surface area contributed by atoms with Crippen molar-refractivity contribution in [1.82, 2.24) is 9.78 Å². The summed E-state index contributed by atoms with van der Waals surface area (Å²) in [6.07, 6.45) is 0. The van der Waals surface area contributed by atoms with Crippen LogP contribution in [0.5, 0.6) is 5.75 Å². The van der Waals surface area contributed by atoms with Crippen molar-refractivity contribution in [3.8, 4) is 11.4 Å². The molecule has 4 aromatic rings. The quantitative estimate of drug-likeness (QED) is 0.287. The van der Waals surface area contributed by atoms with Gasteiger partial charge in [0.15, 0.2) is 5.82 Å². The number of rotatable bonds is 8. The normalized spacial score (nSPS) is 11.6. The molecule has 0 aliphatic heterocycles. The zero-order chi connectivity index (χ0) is 23.6. The lowest BCUT2D eigenvalue weighted by Gasteiger charge is -2.12. The average molecular weight is 487 g/mol. The number of hydrogen-bond donors (Lipinski definition) is 2. The number of aromatic nitrogens is 2. The minimum Gasteiger partial charge on any atom is -0.497 e. The van der Waals surface area contributed by atoms with Crippen LogP contribution in [0.1, 0.15) is 5.56 Å². The number of nitrogen functional groups attached to an aromatic ring is 1. The summed E-state index contributed by atoms with van der Waals surface area (Å²) in [7, 11) is -2.32. The molecule has 3 N–H and O–H groups in total. The van der Waals surface area contributed by atoms with Crippen molar-refractivity contribution in [3.05, 3.63) is 69.8 Å². The van der Waals surface area contributed by atoms with E-state index in [1.165, 1.54) is 28.2 Å². The lowest BCUT2D eigenvalue weighted by molar-refractivity contribution is 0.331. The zero-order valence-corrected chi connectivity index (χ0v) is 19.6. The summed E-state index contributed by atoms with van der Waals surface area (Å²) in [5.74, 6) is 1.04. The van der Waals surface area contributed by atoms with E-state index in [-0.39, 0.29) is 23.6 Å². The van der Waals surface area contributed by atoms with Crippen molar-refractivity contribution >= 4 is 43.0 Å². The number of nitrogens with zero attached hydrogens (tertiary/aromatic N) is 2. The highest BCUT2D eigenvalue weighted by atomic mass is 32.2. The average Bonchev–Trinajstić information content (AvgIpc) is 3.20. The highest BCUT2D eigenvalue weighted by Gasteiger charge is 2.17. The lowest BCUT2D eigenvalue weighted by Crippen LogP contribution is -2.24. The van der Waals surface area contributed by atoms with Crippen molar-refractivity contribution in [2.75, 3.05) is 31.3 Å². The van der Waals surface area contributed by atoms with Gasteiger partial charge in [-0.2, -0.15) is 13.1 Å². The van der Waals surface area contributed by atoms with E-state index in [4.69, 9.17) is 14.7 Å². The molecule has 0 bridgehead atoms. The van der Waals surface area contributed by atoms with Gasteiger partial charge in [-0.3, -0.25) is 8.98 Å². The van der Waals surface area contributed by atoms with Crippen LogP contribution in [0, 0.1) is 6.92 Å². The Morgan fingerprint density at radius 3 is 2.48 bits per heavy atom. The molecule has 0 aliphatic carbocycles. The third kappa shape index (κ3) is 4.70. The number of fused-ring (bicyclic) bond motifs is 1. The van der Waals surface area contributed by atoms with Crippen molar-refractivity contribution in [2.24, 2.45) is 0 Å². The molecule has 11 heteroatoms. The second-order valence-corrected chi connectivity index (χ2v) is 9.69. The van der Waals surface area contributed by atoms with E-state index in [0.717, 1.165) is 5.56 Å². The Labute approximate surface area is 194 Å². The summed E-state index contributed by atoms with van der Waals surface area (Å²) in [4.78, 5) is 13.1. The van der Waals surface area contributed by atoms with E-state index in [1.54, 1.807) is 48.9 Å². The van der Waals surface area contributed by atoms with Crippen LogP contribution >= 0.6 is 11.3 Å². The molecule has 0 atom stereocenters. The lowest BCUT2D eigenvalue weighted by atomic mass is 10.2. The van der Waals surface area contributed by atoms with Crippen LogP contribution in [0.15, 0.2) is 63.6 Å². The van der Waals surface area contributed by atoms with Crippen molar-refractivity contribution < 1.29 is 17.3 Å². The van der Waals surface area contributed by atoms with Gasteiger partial charge >= 0.3 is 0 Å². The fraction of sp³-hybridized carbons (Fsp3) is 0.182. The second kappa shape index (κ2) is 9.22. The number of methoxy groups -OCH3 is 1. The fourth-order valence-electron chi connectivity index (χ4n) is 3.20. The molecule has 0 saturated heterocycles. The molecule has 4 rings (SSSR count). The van der Waals surface area contributed by atoms with Gasteiger partial charge in [-0.05, 0) is 43.3 Å². The summed E-state index contributed by atoms with van der Waals surface area (Å²) in [6.45, 7) is 1.89. The van der Waals surface area contributed by atoms with Crippen LogP contribution in [0.3, 0.4) is 0 Å². The Bertz CT molecular complexity index is 1440. The molecule has 0 saturated carbocycles. The first-order chi connectivity index (χ1) is 15.8. The first-order valence-electron chi connectivity index (χ1n) is 9.94. The van der Waals surface area contributed by atoms with Crippen LogP contribution < -0.4 is 21.3 Å². The number of anilines is 2. The number of ether oxygens (including phenoxy) is 1. The van der Waals surface area contributed by atoms with Gasteiger partial charge in [0.2, 0.25) is 0 Å². The molecular weight excluding hydrogens is 464 g/mol. The molecule has 33 heavy (non-hydrogen) atoms. The predicted molar refractivity (Wildman–Crippen MR) is 129 cm³/mol. The topological polar surface area (TPSA) is 126 Å². The maximum atomic E-state index is 13.0. The third-order valence-corrected chi connectivity index (χ3v) is 7.08. The molecule has 2 aromatic carbocycles. The molecule has 0 spiro atoms. The Morgan fingerprint density at radius 1 is 1.12 bits per heavy atom. The largest absolute Gasteiger partial charge is 0.497 e. The minimum absolute atomic E-state index is 0.0901. The van der Waals surface area contributed by atoms with Gasteiger partial charge in [-0.1, -0.05) is 17.7 Å². The molecule has 172 valence electrons. The molecule has 0 radical (unpaired) electrons. The van der Waals surface area contributed by atoms with Gasteiger partial charge in [0.25, 0.3) is 15.7 Å². The Kier molecular flexibility index (Phi) is 6.36. The van der Waals surface area contributed by atoms with Gasteiger partial charge in [0, 0.05) is 17.3 Å². The maximum absolute atomic E-state index is 13.0. The summed E-state index contributed by atoms with van der Waals surface area (Å²) < 4.78 is 36.3. The van der Waals surface area contributed by atoms with E-state index in [2.05, 4.69) is 10.4 Å². The van der Waals surface area contributed by atoms with Crippen LogP contribution in [0.4, 0.5) is 10.8 Å². The molecule has 9 nitrogen and oxygen atoms in total. The van der Waals surface area contributed by atoms with Gasteiger partial charge in [-0.25, -0.2) is 0 Å². The first-order valence-corrected chi connectivity index (χ1v) is 12.2. The highest BCUT2D eigenvalue weighted by molar-refractivity contribution is 7.86. The van der Waals surface area contributed by atoms with E-state index in [9.17, 15) is 13.2 Å². The van der Waals surface area contributed by atoms with Crippen LogP contribution in [0.25, 0.3) is 16.5 Å². The Hall–Kier alpha value is -3.41. The Morgan fingerprint density at radius 2 is 1.82 bits per heavy atom. The van der Waals surface area contributed by atoms with Gasteiger partial charge < -0.3 is 15.8 Å². The van der Waals surface area contributed by atoms with Crippen LogP contribution in [0.2, 0.25) is 0 Å². The van der Waals surface area contributed by atoms with Crippen LogP contribution in [-0.2, 0) is 14.3 Å². The maximum Gasteiger partial charge on any atom is 0.297 e. The molecule has 0 unspecified atom stereocenters. The van der Waals surface area contributed by atoms with E-state index in [0.29, 0.717) is 33.0 Å². The highest BCUT2D eigenvalue weighted by Crippen LogP contribution is 2.30. The standard InChI is InChI=1S/C22H22N4O5S2/c1-14-3-9-17(10-4-14)33(28,29)31-12-11-24-21-18-13-32-20(23)19(18)22(27)26(25-21)15-5-7-16(30-2)8-6-15/h3-10,13H,11-12,23H2,1-2H3,(H,24,25). The van der Waals surface area contributed by atoms with Gasteiger partial charge in [0.05, 0.1) is 34.7 Å². The number of nitrogens with one attached hydrogen (secondary N) is 1. The fourth-order valence-corrected chi connectivity index (χ4v) is 4.89. The van der Waals surface area contributed by atoms with Crippen molar-refractivity contribution in [1.29, 1.82) is 0 Å². The summed E-state index contributed by atoms with van der Waals surface area (Å²) in [5, 5.41) is 10.5. The first kappa shape index (κ1) is 22.8. The molecule has 0 amide bonds. The molecule has 2 aromatic heterocycles. The van der Waals surface area contributed by atoms with Crippen LogP contribution in [-0.4, -0.2) is 38.5 Å². The molecule has 0 fully saturated rings. The smallest absolute Gasteiger partial charge is 0.297 e. The van der Waals surface area contributed by atoms with E-state index < -0.39 is 10.1 Å². The summed E-state index contributed by atoms with van der Waals surface area (Å²) in [6, 6.07) is 13.3.